The van der Waals surface area contributed by atoms with Crippen LogP contribution in [0.5, 0.6) is 5.75 Å². The molecule has 0 spiro atoms. The first-order valence-electron chi connectivity index (χ1n) is 7.78. The van der Waals surface area contributed by atoms with Gasteiger partial charge in [-0.2, -0.15) is 0 Å². The third-order valence-electron chi connectivity index (χ3n) is 3.55. The van der Waals surface area contributed by atoms with Crippen molar-refractivity contribution in [2.45, 2.75) is 6.54 Å². The molecule has 0 aliphatic rings. The van der Waals surface area contributed by atoms with Gasteiger partial charge >= 0.3 is 5.69 Å². The lowest BCUT2D eigenvalue weighted by Gasteiger charge is -2.22. The van der Waals surface area contributed by atoms with Gasteiger partial charge in [-0.25, -0.2) is 0 Å². The number of hydrogen-bond donors (Lipinski definition) is 0. The first kappa shape index (κ1) is 18.4. The topological polar surface area (TPSA) is 81.9 Å². The third-order valence-corrected chi connectivity index (χ3v) is 3.55. The van der Waals surface area contributed by atoms with Crippen LogP contribution in [0.2, 0.25) is 0 Å². The summed E-state index contributed by atoms with van der Waals surface area (Å²) in [5.41, 5.74) is 0.819. The smallest absolute Gasteiger partial charge is 0.310 e. The highest BCUT2D eigenvalue weighted by Gasteiger charge is 2.18. The molecule has 132 valence electrons. The normalized spacial score (nSPS) is 10.3. The molecule has 0 aromatic heterocycles. The van der Waals surface area contributed by atoms with Gasteiger partial charge in [0, 0.05) is 26.3 Å². The van der Waals surface area contributed by atoms with Crippen LogP contribution in [-0.4, -0.2) is 42.6 Å². The Morgan fingerprint density at radius 2 is 1.80 bits per heavy atom. The molecule has 1 amide bonds. The van der Waals surface area contributed by atoms with Crippen molar-refractivity contribution < 1.29 is 19.2 Å². The van der Waals surface area contributed by atoms with E-state index in [-0.39, 0.29) is 24.0 Å². The lowest BCUT2D eigenvalue weighted by atomic mass is 10.2. The number of methoxy groups -OCH3 is 1. The molecule has 2 aromatic rings. The SMILES string of the molecule is COCCN(Cc1ccccc1)C(=O)COc1ccccc1[N+](=O)[O-]. The fourth-order valence-electron chi connectivity index (χ4n) is 2.26. The van der Waals surface area contributed by atoms with Crippen molar-refractivity contribution in [2.75, 3.05) is 26.9 Å². The monoisotopic (exact) mass is 344 g/mol. The molecule has 0 fully saturated rings. The van der Waals surface area contributed by atoms with Crippen LogP contribution in [0.4, 0.5) is 5.69 Å². The minimum absolute atomic E-state index is 0.0762. The molecule has 0 saturated heterocycles. The van der Waals surface area contributed by atoms with E-state index in [2.05, 4.69) is 0 Å². The Kier molecular flexibility index (Phi) is 6.91. The fourth-order valence-corrected chi connectivity index (χ4v) is 2.26. The molecule has 0 aliphatic heterocycles. The lowest BCUT2D eigenvalue weighted by Crippen LogP contribution is -2.36. The number of rotatable bonds is 9. The summed E-state index contributed by atoms with van der Waals surface area (Å²) in [6.07, 6.45) is 0. The molecular formula is C18H20N2O5. The van der Waals surface area contributed by atoms with Gasteiger partial charge in [0.05, 0.1) is 11.5 Å². The van der Waals surface area contributed by atoms with Gasteiger partial charge in [0.2, 0.25) is 0 Å². The molecule has 0 saturated carbocycles. The Bertz CT molecular complexity index is 706. The standard InChI is InChI=1S/C18H20N2O5/c1-24-12-11-19(13-15-7-3-2-4-8-15)18(21)14-25-17-10-6-5-9-16(17)20(22)23/h2-10H,11-14H2,1H3. The molecule has 0 bridgehead atoms. The van der Waals surface area contributed by atoms with E-state index >= 15 is 0 Å². The van der Waals surface area contributed by atoms with Crippen molar-refractivity contribution in [2.24, 2.45) is 0 Å². The highest BCUT2D eigenvalue weighted by atomic mass is 16.6. The first-order chi connectivity index (χ1) is 12.1. The van der Waals surface area contributed by atoms with E-state index in [9.17, 15) is 14.9 Å². The average molecular weight is 344 g/mol. The summed E-state index contributed by atoms with van der Waals surface area (Å²) in [7, 11) is 1.56. The molecule has 0 heterocycles. The Balaban J connectivity index is 2.03. The number of benzene rings is 2. The van der Waals surface area contributed by atoms with Gasteiger partial charge < -0.3 is 14.4 Å². The maximum Gasteiger partial charge on any atom is 0.310 e. The van der Waals surface area contributed by atoms with Gasteiger partial charge in [-0.15, -0.1) is 0 Å². The molecule has 0 N–H and O–H groups in total. The van der Waals surface area contributed by atoms with E-state index in [0.29, 0.717) is 19.7 Å². The predicted octanol–water partition coefficient (Wildman–Crippen LogP) is 2.65. The zero-order valence-corrected chi connectivity index (χ0v) is 14.0. The maximum absolute atomic E-state index is 12.5. The van der Waals surface area contributed by atoms with Crippen LogP contribution in [0, 0.1) is 10.1 Å². The highest BCUT2D eigenvalue weighted by Crippen LogP contribution is 2.25. The van der Waals surface area contributed by atoms with Gasteiger partial charge in [0.15, 0.2) is 12.4 Å². The second-order valence-electron chi connectivity index (χ2n) is 5.31. The van der Waals surface area contributed by atoms with Gasteiger partial charge in [-0.1, -0.05) is 42.5 Å². The Morgan fingerprint density at radius 3 is 2.48 bits per heavy atom. The van der Waals surface area contributed by atoms with Crippen LogP contribution in [-0.2, 0) is 16.1 Å². The van der Waals surface area contributed by atoms with Crippen LogP contribution in [0.25, 0.3) is 0 Å². The van der Waals surface area contributed by atoms with E-state index in [4.69, 9.17) is 9.47 Å². The Hall–Kier alpha value is -2.93. The molecule has 0 unspecified atom stereocenters. The summed E-state index contributed by atoms with van der Waals surface area (Å²) in [5, 5.41) is 11.0. The number of amides is 1. The quantitative estimate of drug-likeness (QED) is 0.516. The number of hydrogen-bond acceptors (Lipinski definition) is 5. The highest BCUT2D eigenvalue weighted by molar-refractivity contribution is 5.78. The molecular weight excluding hydrogens is 324 g/mol. The van der Waals surface area contributed by atoms with Crippen LogP contribution in [0.15, 0.2) is 54.6 Å². The number of carbonyl (C=O) groups excluding carboxylic acids is 1. The second-order valence-corrected chi connectivity index (χ2v) is 5.31. The largest absolute Gasteiger partial charge is 0.477 e. The van der Waals surface area contributed by atoms with E-state index < -0.39 is 4.92 Å². The van der Waals surface area contributed by atoms with E-state index in [1.54, 1.807) is 24.1 Å². The minimum atomic E-state index is -0.535. The summed E-state index contributed by atoms with van der Waals surface area (Å²) in [6, 6.07) is 15.5. The molecule has 7 heteroatoms. The fraction of sp³-hybridized carbons (Fsp3) is 0.278. The van der Waals surface area contributed by atoms with Crippen molar-refractivity contribution >= 4 is 11.6 Å². The van der Waals surface area contributed by atoms with Gasteiger partial charge in [-0.05, 0) is 11.6 Å². The number of ether oxygens (including phenoxy) is 2. The summed E-state index contributed by atoms with van der Waals surface area (Å²) in [5.74, 6) is -0.189. The van der Waals surface area contributed by atoms with Crippen molar-refractivity contribution in [3.63, 3.8) is 0 Å². The Labute approximate surface area is 145 Å². The van der Waals surface area contributed by atoms with E-state index in [1.807, 2.05) is 30.3 Å². The lowest BCUT2D eigenvalue weighted by molar-refractivity contribution is -0.385. The molecule has 0 atom stereocenters. The van der Waals surface area contributed by atoms with Crippen LogP contribution < -0.4 is 4.74 Å². The van der Waals surface area contributed by atoms with Crippen molar-refractivity contribution in [3.8, 4) is 5.75 Å². The molecule has 25 heavy (non-hydrogen) atoms. The van der Waals surface area contributed by atoms with Crippen LogP contribution in [0.1, 0.15) is 5.56 Å². The summed E-state index contributed by atoms with van der Waals surface area (Å²) in [6.45, 7) is 0.944. The molecule has 7 nitrogen and oxygen atoms in total. The van der Waals surface area contributed by atoms with Crippen LogP contribution >= 0.6 is 0 Å². The number of carbonyl (C=O) groups is 1. The van der Waals surface area contributed by atoms with Crippen molar-refractivity contribution in [1.82, 2.24) is 4.90 Å². The van der Waals surface area contributed by atoms with Crippen molar-refractivity contribution in [1.29, 1.82) is 0 Å². The van der Waals surface area contributed by atoms with Crippen molar-refractivity contribution in [3.05, 3.63) is 70.3 Å². The number of para-hydroxylation sites is 2. The van der Waals surface area contributed by atoms with E-state index in [1.165, 1.54) is 12.1 Å². The summed E-state index contributed by atoms with van der Waals surface area (Å²) >= 11 is 0. The average Bonchev–Trinajstić information content (AvgIpc) is 2.64. The maximum atomic E-state index is 12.5. The zero-order valence-electron chi connectivity index (χ0n) is 14.0. The minimum Gasteiger partial charge on any atom is -0.477 e. The van der Waals surface area contributed by atoms with Gasteiger partial charge in [0.25, 0.3) is 5.91 Å². The Morgan fingerprint density at radius 1 is 1.12 bits per heavy atom. The number of nitro groups is 1. The molecule has 2 aromatic carbocycles. The van der Waals surface area contributed by atoms with Gasteiger partial charge in [0.1, 0.15) is 0 Å². The molecule has 0 aliphatic carbocycles. The van der Waals surface area contributed by atoms with Crippen LogP contribution in [0.3, 0.4) is 0 Å². The molecule has 0 radical (unpaired) electrons. The number of nitro benzene ring substituents is 1. The summed E-state index contributed by atoms with van der Waals surface area (Å²) in [4.78, 5) is 24.5. The zero-order chi connectivity index (χ0) is 18.1. The second kappa shape index (κ2) is 9.39. The van der Waals surface area contributed by atoms with E-state index in [0.717, 1.165) is 5.56 Å². The third kappa shape index (κ3) is 5.58. The first-order valence-corrected chi connectivity index (χ1v) is 7.78. The number of nitrogens with zero attached hydrogens (tertiary/aromatic N) is 2. The molecule has 2 rings (SSSR count). The van der Waals surface area contributed by atoms with Gasteiger partial charge in [-0.3, -0.25) is 14.9 Å². The summed E-state index contributed by atoms with van der Waals surface area (Å²) < 4.78 is 10.4. The predicted molar refractivity (Wildman–Crippen MR) is 92.3 cm³/mol.